The molecule has 2 aliphatic heterocycles. The van der Waals surface area contributed by atoms with Gasteiger partial charge in [-0.15, -0.1) is 12.4 Å². The quantitative estimate of drug-likeness (QED) is 0.782. The molecule has 2 heterocycles. The Morgan fingerprint density at radius 1 is 1.16 bits per heavy atom. The molecule has 3 rings (SSSR count). The van der Waals surface area contributed by atoms with Crippen molar-refractivity contribution in [2.24, 2.45) is 4.99 Å². The van der Waals surface area contributed by atoms with Crippen LogP contribution in [0.3, 0.4) is 0 Å². The minimum atomic E-state index is -0.183. The third kappa shape index (κ3) is 2.92. The standard InChI is InChI=1S/C13H14ClN3S.ClH/c14-10-3-1-9(2-4-10)11-12(18)17-13(16-11)5-7-15-8-6-13;/h1-4,15H,5-8H2,(H,17,18);1H. The number of aliphatic imine (C=N–C) groups is 1. The zero-order chi connectivity index (χ0) is 12.6. The molecule has 6 heteroatoms. The van der Waals surface area contributed by atoms with Crippen LogP contribution in [0.5, 0.6) is 0 Å². The number of piperidine rings is 1. The fourth-order valence-electron chi connectivity index (χ4n) is 2.44. The van der Waals surface area contributed by atoms with Crippen LogP contribution in [-0.4, -0.2) is 29.5 Å². The maximum atomic E-state index is 5.90. The van der Waals surface area contributed by atoms with Crippen molar-refractivity contribution >= 4 is 46.9 Å². The van der Waals surface area contributed by atoms with Crippen LogP contribution < -0.4 is 10.6 Å². The highest BCUT2D eigenvalue weighted by Crippen LogP contribution is 2.26. The van der Waals surface area contributed by atoms with Crippen LogP contribution in [0.1, 0.15) is 18.4 Å². The monoisotopic (exact) mass is 315 g/mol. The average molecular weight is 316 g/mol. The van der Waals surface area contributed by atoms with Crippen LogP contribution in [0.15, 0.2) is 29.3 Å². The maximum Gasteiger partial charge on any atom is 0.133 e. The van der Waals surface area contributed by atoms with E-state index in [0.717, 1.165) is 47.2 Å². The number of hydrogen-bond acceptors (Lipinski definition) is 3. The van der Waals surface area contributed by atoms with Crippen LogP contribution in [0.4, 0.5) is 0 Å². The van der Waals surface area contributed by atoms with Crippen molar-refractivity contribution in [2.45, 2.75) is 18.5 Å². The summed E-state index contributed by atoms with van der Waals surface area (Å²) in [6, 6.07) is 7.68. The smallest absolute Gasteiger partial charge is 0.133 e. The second kappa shape index (κ2) is 5.75. The van der Waals surface area contributed by atoms with Gasteiger partial charge in [-0.25, -0.2) is 0 Å². The molecule has 1 aromatic carbocycles. The Hall–Kier alpha value is -0.680. The van der Waals surface area contributed by atoms with Crippen LogP contribution in [-0.2, 0) is 0 Å². The molecular formula is C13H15Cl2N3S. The van der Waals surface area contributed by atoms with Crippen molar-refractivity contribution in [3.63, 3.8) is 0 Å². The molecule has 1 fully saturated rings. The van der Waals surface area contributed by atoms with Gasteiger partial charge in [-0.1, -0.05) is 36.0 Å². The van der Waals surface area contributed by atoms with Crippen molar-refractivity contribution in [2.75, 3.05) is 13.1 Å². The number of thiocarbonyl (C=S) groups is 1. The second-order valence-corrected chi connectivity index (χ2v) is 5.55. The van der Waals surface area contributed by atoms with Gasteiger partial charge in [0.05, 0.1) is 0 Å². The first-order valence-electron chi connectivity index (χ1n) is 6.08. The minimum Gasteiger partial charge on any atom is -0.350 e. The fraction of sp³-hybridized carbons (Fsp3) is 0.385. The van der Waals surface area contributed by atoms with Gasteiger partial charge in [0, 0.05) is 23.4 Å². The lowest BCUT2D eigenvalue weighted by atomic mass is 10.00. The Bertz CT molecular complexity index is 507. The molecule has 0 amide bonds. The predicted octanol–water partition coefficient (Wildman–Crippen LogP) is 2.56. The highest BCUT2D eigenvalue weighted by atomic mass is 35.5. The molecule has 1 saturated heterocycles. The fourth-order valence-corrected chi connectivity index (χ4v) is 2.92. The van der Waals surface area contributed by atoms with Gasteiger partial charge >= 0.3 is 0 Å². The molecule has 0 unspecified atom stereocenters. The summed E-state index contributed by atoms with van der Waals surface area (Å²) < 4.78 is 0. The highest BCUT2D eigenvalue weighted by molar-refractivity contribution is 7.82. The molecule has 0 atom stereocenters. The summed E-state index contributed by atoms with van der Waals surface area (Å²) in [4.78, 5) is 5.59. The maximum absolute atomic E-state index is 5.90. The minimum absolute atomic E-state index is 0. The summed E-state index contributed by atoms with van der Waals surface area (Å²) in [5.74, 6) is 0. The van der Waals surface area contributed by atoms with E-state index in [1.807, 2.05) is 24.3 Å². The van der Waals surface area contributed by atoms with E-state index < -0.39 is 0 Å². The number of rotatable bonds is 1. The summed E-state index contributed by atoms with van der Waals surface area (Å²) in [7, 11) is 0. The zero-order valence-corrected chi connectivity index (χ0v) is 12.7. The summed E-state index contributed by atoms with van der Waals surface area (Å²) in [6.45, 7) is 1.96. The normalized spacial score (nSPS) is 20.7. The average Bonchev–Trinajstić information content (AvgIpc) is 2.68. The van der Waals surface area contributed by atoms with Crippen LogP contribution >= 0.6 is 36.2 Å². The van der Waals surface area contributed by atoms with Gasteiger partial charge in [-0.2, -0.15) is 0 Å². The summed E-state index contributed by atoms with van der Waals surface area (Å²) >= 11 is 11.3. The molecule has 3 nitrogen and oxygen atoms in total. The van der Waals surface area contributed by atoms with Crippen LogP contribution in [0.2, 0.25) is 5.02 Å². The molecule has 0 saturated carbocycles. The molecule has 2 aliphatic rings. The zero-order valence-electron chi connectivity index (χ0n) is 10.3. The number of nitrogens with zero attached hydrogens (tertiary/aromatic N) is 1. The SMILES string of the molecule is Cl.S=C1NC2(CCNCC2)N=C1c1ccc(Cl)cc1. The van der Waals surface area contributed by atoms with Crippen molar-refractivity contribution in [3.05, 3.63) is 34.9 Å². The lowest BCUT2D eigenvalue weighted by Crippen LogP contribution is -2.49. The van der Waals surface area contributed by atoms with E-state index in [-0.39, 0.29) is 18.1 Å². The summed E-state index contributed by atoms with van der Waals surface area (Å²) in [5.41, 5.74) is 1.74. The molecule has 19 heavy (non-hydrogen) atoms. The molecule has 102 valence electrons. The second-order valence-electron chi connectivity index (χ2n) is 4.70. The van der Waals surface area contributed by atoms with Gasteiger partial charge in [0.15, 0.2) is 0 Å². The summed E-state index contributed by atoms with van der Waals surface area (Å²) in [5, 5.41) is 7.46. The first-order valence-corrected chi connectivity index (χ1v) is 6.86. The predicted molar refractivity (Wildman–Crippen MR) is 85.8 cm³/mol. The topological polar surface area (TPSA) is 36.4 Å². The van der Waals surface area contributed by atoms with Crippen LogP contribution in [0.25, 0.3) is 0 Å². The molecule has 0 aliphatic carbocycles. The first-order chi connectivity index (χ1) is 8.69. The molecule has 1 aromatic rings. The lowest BCUT2D eigenvalue weighted by Gasteiger charge is -2.31. The van der Waals surface area contributed by atoms with E-state index in [2.05, 4.69) is 10.6 Å². The third-order valence-electron chi connectivity index (χ3n) is 3.44. The Kier molecular flexibility index (Phi) is 4.46. The van der Waals surface area contributed by atoms with E-state index in [1.54, 1.807) is 0 Å². The van der Waals surface area contributed by atoms with Crippen molar-refractivity contribution in [1.82, 2.24) is 10.6 Å². The van der Waals surface area contributed by atoms with Crippen molar-refractivity contribution < 1.29 is 0 Å². The molecular weight excluding hydrogens is 301 g/mol. The van der Waals surface area contributed by atoms with Crippen LogP contribution in [0, 0.1) is 0 Å². The number of benzene rings is 1. The van der Waals surface area contributed by atoms with E-state index >= 15 is 0 Å². The molecule has 0 aromatic heterocycles. The van der Waals surface area contributed by atoms with Gasteiger partial charge in [-0.05, 0) is 25.2 Å². The van der Waals surface area contributed by atoms with Gasteiger partial charge in [0.2, 0.25) is 0 Å². The van der Waals surface area contributed by atoms with Gasteiger partial charge in [0.25, 0.3) is 0 Å². The van der Waals surface area contributed by atoms with E-state index in [9.17, 15) is 0 Å². The Balaban J connectivity index is 0.00000133. The number of halogens is 2. The van der Waals surface area contributed by atoms with E-state index in [4.69, 9.17) is 28.8 Å². The number of nitrogens with one attached hydrogen (secondary N) is 2. The van der Waals surface area contributed by atoms with Gasteiger partial charge in [0.1, 0.15) is 16.4 Å². The van der Waals surface area contributed by atoms with Gasteiger partial charge < -0.3 is 10.6 Å². The first kappa shape index (κ1) is 14.7. The van der Waals surface area contributed by atoms with Crippen molar-refractivity contribution in [3.8, 4) is 0 Å². The number of hydrogen-bond donors (Lipinski definition) is 2. The molecule has 0 bridgehead atoms. The largest absolute Gasteiger partial charge is 0.350 e. The molecule has 0 radical (unpaired) electrons. The van der Waals surface area contributed by atoms with Gasteiger partial charge in [-0.3, -0.25) is 4.99 Å². The molecule has 1 spiro atoms. The Morgan fingerprint density at radius 2 is 1.79 bits per heavy atom. The highest BCUT2D eigenvalue weighted by Gasteiger charge is 2.38. The Morgan fingerprint density at radius 3 is 2.42 bits per heavy atom. The molecule has 2 N–H and O–H groups in total. The summed E-state index contributed by atoms with van der Waals surface area (Å²) in [6.07, 6.45) is 1.95. The van der Waals surface area contributed by atoms with Crippen molar-refractivity contribution in [1.29, 1.82) is 0 Å². The third-order valence-corrected chi connectivity index (χ3v) is 3.98. The Labute approximate surface area is 129 Å². The lowest BCUT2D eigenvalue weighted by molar-refractivity contribution is 0.300. The van der Waals surface area contributed by atoms with E-state index in [0.29, 0.717) is 0 Å². The van der Waals surface area contributed by atoms with E-state index in [1.165, 1.54) is 0 Å².